The molecule has 0 radical (unpaired) electrons. The first-order valence-corrected chi connectivity index (χ1v) is 19.3. The summed E-state index contributed by atoms with van der Waals surface area (Å²) >= 11 is 0. The summed E-state index contributed by atoms with van der Waals surface area (Å²) in [6, 6.07) is 75.2. The summed E-state index contributed by atoms with van der Waals surface area (Å²) in [6.45, 7) is 0. The highest BCUT2D eigenvalue weighted by Gasteiger charge is 2.25. The molecule has 0 aliphatic carbocycles. The van der Waals surface area contributed by atoms with Gasteiger partial charge in [-0.15, -0.1) is 0 Å². The second-order valence-electron chi connectivity index (χ2n) is 14.5. The number of hydrogen-bond acceptors (Lipinski definition) is 3. The molecule has 0 saturated carbocycles. The molecule has 11 rings (SSSR count). The molecule has 0 unspecified atom stereocenters. The minimum absolute atomic E-state index is 0.841. The van der Waals surface area contributed by atoms with Crippen LogP contribution >= 0.6 is 0 Å². The van der Waals surface area contributed by atoms with Gasteiger partial charge in [0.1, 0.15) is 22.3 Å². The van der Waals surface area contributed by atoms with E-state index < -0.39 is 0 Å². The van der Waals surface area contributed by atoms with Gasteiger partial charge in [0.15, 0.2) is 0 Å². The molecule has 2 aromatic heterocycles. The number of nitrogens with zero attached hydrogens (tertiary/aromatic N) is 1. The number of benzene rings is 9. The Kier molecular flexibility index (Phi) is 7.82. The van der Waals surface area contributed by atoms with Gasteiger partial charge < -0.3 is 13.7 Å². The molecular weight excluding hydrogens is 695 g/mol. The number of hydrogen-bond donors (Lipinski definition) is 0. The Balaban J connectivity index is 1.22. The summed E-state index contributed by atoms with van der Waals surface area (Å²) in [6.07, 6.45) is 0. The summed E-state index contributed by atoms with van der Waals surface area (Å²) in [4.78, 5) is 2.37. The number of anilines is 3. The van der Waals surface area contributed by atoms with Crippen LogP contribution in [0.2, 0.25) is 0 Å². The van der Waals surface area contributed by atoms with E-state index in [1.165, 1.54) is 11.1 Å². The number of fused-ring (bicyclic) bond motifs is 6. The van der Waals surface area contributed by atoms with Crippen LogP contribution in [0.3, 0.4) is 0 Å². The van der Waals surface area contributed by atoms with Crippen molar-refractivity contribution in [2.24, 2.45) is 0 Å². The van der Waals surface area contributed by atoms with Crippen molar-refractivity contribution < 1.29 is 8.83 Å². The van der Waals surface area contributed by atoms with E-state index >= 15 is 0 Å². The van der Waals surface area contributed by atoms with Gasteiger partial charge >= 0.3 is 0 Å². The van der Waals surface area contributed by atoms with E-state index in [9.17, 15) is 0 Å². The lowest BCUT2D eigenvalue weighted by atomic mass is 9.88. The highest BCUT2D eigenvalue weighted by molar-refractivity contribution is 6.18. The molecule has 2 heterocycles. The van der Waals surface area contributed by atoms with E-state index in [2.05, 4.69) is 199 Å². The zero-order valence-corrected chi connectivity index (χ0v) is 31.0. The average molecular weight is 730 g/mol. The van der Waals surface area contributed by atoms with E-state index in [4.69, 9.17) is 8.83 Å². The molecule has 3 heteroatoms. The van der Waals surface area contributed by atoms with Crippen molar-refractivity contribution in [3.63, 3.8) is 0 Å². The third-order valence-corrected chi connectivity index (χ3v) is 11.1. The maximum Gasteiger partial charge on any atom is 0.137 e. The predicted octanol–water partition coefficient (Wildman–Crippen LogP) is 15.6. The maximum absolute atomic E-state index is 6.62. The summed E-state index contributed by atoms with van der Waals surface area (Å²) in [5.41, 5.74) is 15.6. The molecule has 57 heavy (non-hydrogen) atoms. The van der Waals surface area contributed by atoms with Crippen LogP contribution in [-0.4, -0.2) is 0 Å². The van der Waals surface area contributed by atoms with Gasteiger partial charge in [0, 0.05) is 44.5 Å². The van der Waals surface area contributed by atoms with Crippen molar-refractivity contribution in [1.29, 1.82) is 0 Å². The van der Waals surface area contributed by atoms with E-state index in [1.807, 2.05) is 18.2 Å². The highest BCUT2D eigenvalue weighted by Crippen LogP contribution is 2.50. The van der Waals surface area contributed by atoms with Crippen LogP contribution in [0, 0.1) is 0 Å². The van der Waals surface area contributed by atoms with Gasteiger partial charge in [-0.2, -0.15) is 0 Å². The Bertz CT molecular complexity index is 3220. The van der Waals surface area contributed by atoms with Crippen LogP contribution in [0.5, 0.6) is 0 Å². The Morgan fingerprint density at radius 1 is 0.298 bits per heavy atom. The van der Waals surface area contributed by atoms with Gasteiger partial charge in [-0.05, 0) is 93.5 Å². The molecule has 0 atom stereocenters. The van der Waals surface area contributed by atoms with Gasteiger partial charge in [-0.3, -0.25) is 0 Å². The van der Waals surface area contributed by atoms with Crippen molar-refractivity contribution in [3.8, 4) is 44.5 Å². The molecule has 9 aromatic carbocycles. The summed E-state index contributed by atoms with van der Waals surface area (Å²) < 4.78 is 13.1. The smallest absolute Gasteiger partial charge is 0.137 e. The number of para-hydroxylation sites is 2. The number of rotatable bonds is 7. The highest BCUT2D eigenvalue weighted by atomic mass is 16.3. The Morgan fingerprint density at radius 3 is 1.54 bits per heavy atom. The van der Waals surface area contributed by atoms with Gasteiger partial charge in [0.25, 0.3) is 0 Å². The van der Waals surface area contributed by atoms with Crippen LogP contribution in [0.15, 0.2) is 221 Å². The molecule has 0 spiro atoms. The second kappa shape index (κ2) is 13.6. The first-order valence-electron chi connectivity index (χ1n) is 19.3. The molecule has 0 amide bonds. The lowest BCUT2D eigenvalue weighted by Crippen LogP contribution is -2.11. The largest absolute Gasteiger partial charge is 0.456 e. The standard InChI is InChI=1S/C54H35NO2/c1-4-14-36(15-5-1)38-24-27-41(28-25-38)55(42-29-31-44-43-20-10-12-22-49(43)57-52(44)35-42)48-32-33-51-54(46-21-11-13-23-50(46)56-51)53(48)45-30-26-40(37-16-6-2-7-17-37)34-47(45)39-18-8-3-9-19-39/h1-35H. The van der Waals surface area contributed by atoms with Crippen molar-refractivity contribution in [2.45, 2.75) is 0 Å². The quantitative estimate of drug-likeness (QED) is 0.164. The Labute approximate surface area is 330 Å². The monoisotopic (exact) mass is 729 g/mol. The molecule has 0 aliphatic heterocycles. The number of furan rings is 2. The summed E-state index contributed by atoms with van der Waals surface area (Å²) in [5, 5.41) is 4.34. The second-order valence-corrected chi connectivity index (χ2v) is 14.5. The van der Waals surface area contributed by atoms with Gasteiger partial charge in [-0.25, -0.2) is 0 Å². The van der Waals surface area contributed by atoms with E-state index in [0.717, 1.165) is 94.3 Å². The normalized spacial score (nSPS) is 11.5. The van der Waals surface area contributed by atoms with Crippen molar-refractivity contribution in [3.05, 3.63) is 212 Å². The molecular formula is C54H35NO2. The minimum atomic E-state index is 0.841. The molecule has 0 fully saturated rings. The van der Waals surface area contributed by atoms with Crippen LogP contribution in [0.4, 0.5) is 17.1 Å². The van der Waals surface area contributed by atoms with E-state index in [-0.39, 0.29) is 0 Å². The molecule has 0 aliphatic rings. The molecule has 0 bridgehead atoms. The maximum atomic E-state index is 6.62. The van der Waals surface area contributed by atoms with Gasteiger partial charge in [0.05, 0.1) is 5.69 Å². The SMILES string of the molecule is c1ccc(-c2ccc(N(c3ccc4c(c3)oc3ccccc34)c3ccc4oc5ccccc5c4c3-c3ccc(-c4ccccc4)cc3-c3ccccc3)cc2)cc1. The zero-order valence-electron chi connectivity index (χ0n) is 31.0. The van der Waals surface area contributed by atoms with Crippen LogP contribution in [0.1, 0.15) is 0 Å². The first-order chi connectivity index (χ1) is 28.3. The third-order valence-electron chi connectivity index (χ3n) is 11.1. The molecule has 3 nitrogen and oxygen atoms in total. The minimum Gasteiger partial charge on any atom is -0.456 e. The third kappa shape index (κ3) is 5.68. The van der Waals surface area contributed by atoms with Gasteiger partial charge in [0.2, 0.25) is 0 Å². The fourth-order valence-electron chi connectivity index (χ4n) is 8.41. The van der Waals surface area contributed by atoms with Crippen molar-refractivity contribution >= 4 is 60.9 Å². The van der Waals surface area contributed by atoms with Crippen LogP contribution in [0.25, 0.3) is 88.4 Å². The fraction of sp³-hybridized carbons (Fsp3) is 0. The van der Waals surface area contributed by atoms with Crippen molar-refractivity contribution in [1.82, 2.24) is 0 Å². The zero-order chi connectivity index (χ0) is 37.7. The molecule has 0 saturated heterocycles. The molecule has 11 aromatic rings. The van der Waals surface area contributed by atoms with Crippen LogP contribution in [-0.2, 0) is 0 Å². The Hall–Kier alpha value is -7.62. The topological polar surface area (TPSA) is 29.5 Å². The first kappa shape index (κ1) is 32.8. The lowest BCUT2D eigenvalue weighted by Gasteiger charge is -2.29. The fourth-order valence-corrected chi connectivity index (χ4v) is 8.41. The van der Waals surface area contributed by atoms with Crippen LogP contribution < -0.4 is 4.90 Å². The predicted molar refractivity (Wildman–Crippen MR) is 237 cm³/mol. The van der Waals surface area contributed by atoms with E-state index in [1.54, 1.807) is 0 Å². The average Bonchev–Trinajstić information content (AvgIpc) is 3.86. The van der Waals surface area contributed by atoms with Crippen molar-refractivity contribution in [2.75, 3.05) is 4.90 Å². The lowest BCUT2D eigenvalue weighted by molar-refractivity contribution is 0.668. The Morgan fingerprint density at radius 2 is 0.825 bits per heavy atom. The van der Waals surface area contributed by atoms with E-state index in [0.29, 0.717) is 0 Å². The molecule has 268 valence electrons. The molecule has 0 N–H and O–H groups in total. The summed E-state index contributed by atoms with van der Waals surface area (Å²) in [5.74, 6) is 0. The summed E-state index contributed by atoms with van der Waals surface area (Å²) in [7, 11) is 0. The van der Waals surface area contributed by atoms with Gasteiger partial charge in [-0.1, -0.05) is 152 Å².